The maximum atomic E-state index is 11.3. The minimum absolute atomic E-state index is 0.107. The highest BCUT2D eigenvalue weighted by Gasteiger charge is 2.47. The van der Waals surface area contributed by atoms with Gasteiger partial charge in [0.05, 0.1) is 0 Å². The average molecular weight is 384 g/mol. The van der Waals surface area contributed by atoms with Crippen molar-refractivity contribution in [3.8, 4) is 0 Å². The van der Waals surface area contributed by atoms with E-state index >= 15 is 0 Å². The van der Waals surface area contributed by atoms with Gasteiger partial charge in [-0.25, -0.2) is 0 Å². The topological polar surface area (TPSA) is 26.3 Å². The number of benzene rings is 1. The molecular weight excluding hydrogens is 363 g/mol. The van der Waals surface area contributed by atoms with Gasteiger partial charge in [0.1, 0.15) is 6.10 Å². The van der Waals surface area contributed by atoms with Gasteiger partial charge in [0.15, 0.2) is 0 Å². The van der Waals surface area contributed by atoms with Crippen LogP contribution in [0, 0.1) is 5.92 Å². The standard InChI is InChI=1S/C17H21IO2/c1-12(19)20-16-8-13-7-15(18)10-17(9-13,11-16)14-5-3-2-4-6-14/h2-6,13,15-16H,7-11H2,1H3/t13-,15+,16+,17-/m0/s1. The summed E-state index contributed by atoms with van der Waals surface area (Å²) < 4.78 is 6.31. The summed E-state index contributed by atoms with van der Waals surface area (Å²) in [6, 6.07) is 10.8. The third-order valence-corrected chi connectivity index (χ3v) is 5.76. The lowest BCUT2D eigenvalue weighted by molar-refractivity contribution is -0.150. The van der Waals surface area contributed by atoms with Crippen molar-refractivity contribution in [2.45, 2.75) is 54.5 Å². The molecule has 0 aromatic heterocycles. The third-order valence-electron chi connectivity index (χ3n) is 4.81. The SMILES string of the molecule is CC(=O)O[C@@H]1C[C@@H]2C[C@@H](I)C[C@@](c3ccccc3)(C2)C1. The number of hydrogen-bond acceptors (Lipinski definition) is 2. The van der Waals surface area contributed by atoms with Crippen LogP contribution in [-0.4, -0.2) is 16.0 Å². The Bertz CT molecular complexity index is 483. The molecular formula is C17H21IO2. The number of hydrogen-bond donors (Lipinski definition) is 0. The molecule has 0 saturated heterocycles. The van der Waals surface area contributed by atoms with Gasteiger partial charge in [-0.2, -0.15) is 0 Å². The molecule has 0 heterocycles. The van der Waals surface area contributed by atoms with Crippen molar-refractivity contribution in [3.05, 3.63) is 35.9 Å². The summed E-state index contributed by atoms with van der Waals surface area (Å²) in [6.07, 6.45) is 5.89. The molecule has 0 unspecified atom stereocenters. The number of halogens is 1. The fourth-order valence-electron chi connectivity index (χ4n) is 4.30. The zero-order valence-corrected chi connectivity index (χ0v) is 14.0. The maximum absolute atomic E-state index is 11.3. The lowest BCUT2D eigenvalue weighted by Gasteiger charge is -2.50. The number of alkyl halides is 1. The highest BCUT2D eigenvalue weighted by Crippen LogP contribution is 2.52. The van der Waals surface area contributed by atoms with Crippen molar-refractivity contribution in [2.75, 3.05) is 0 Å². The lowest BCUT2D eigenvalue weighted by Crippen LogP contribution is -2.46. The first kappa shape index (κ1) is 14.4. The molecule has 0 radical (unpaired) electrons. The Balaban J connectivity index is 1.90. The number of rotatable bonds is 2. The summed E-state index contributed by atoms with van der Waals surface area (Å²) in [5.74, 6) is 0.563. The summed E-state index contributed by atoms with van der Waals surface area (Å²) in [7, 11) is 0. The van der Waals surface area contributed by atoms with Crippen molar-refractivity contribution in [2.24, 2.45) is 5.92 Å². The van der Waals surface area contributed by atoms with Crippen molar-refractivity contribution >= 4 is 28.6 Å². The van der Waals surface area contributed by atoms with E-state index in [1.54, 1.807) is 0 Å². The molecule has 2 aliphatic rings. The normalized spacial score (nSPS) is 36.4. The van der Waals surface area contributed by atoms with Crippen LogP contribution < -0.4 is 0 Å². The van der Waals surface area contributed by atoms with Crippen LogP contribution in [0.4, 0.5) is 0 Å². The molecule has 2 nitrogen and oxygen atoms in total. The quantitative estimate of drug-likeness (QED) is 0.433. The Morgan fingerprint density at radius 1 is 1.20 bits per heavy atom. The molecule has 4 atom stereocenters. The average Bonchev–Trinajstić information content (AvgIpc) is 2.37. The number of carbonyl (C=O) groups excluding carboxylic acids is 1. The van der Waals surface area contributed by atoms with Gasteiger partial charge >= 0.3 is 5.97 Å². The van der Waals surface area contributed by atoms with Gasteiger partial charge in [-0.15, -0.1) is 0 Å². The number of carbonyl (C=O) groups is 1. The molecule has 2 saturated carbocycles. The molecule has 20 heavy (non-hydrogen) atoms. The van der Waals surface area contributed by atoms with E-state index in [0.29, 0.717) is 5.92 Å². The number of esters is 1. The first-order valence-corrected chi connectivity index (χ1v) is 8.69. The smallest absolute Gasteiger partial charge is 0.302 e. The molecule has 3 rings (SSSR count). The van der Waals surface area contributed by atoms with Gasteiger partial charge in [0, 0.05) is 16.3 Å². The molecule has 0 amide bonds. The van der Waals surface area contributed by atoms with Crippen molar-refractivity contribution in [1.29, 1.82) is 0 Å². The largest absolute Gasteiger partial charge is 0.463 e. The Morgan fingerprint density at radius 2 is 1.95 bits per heavy atom. The molecule has 0 spiro atoms. The van der Waals surface area contributed by atoms with Crippen molar-refractivity contribution in [3.63, 3.8) is 0 Å². The first-order valence-electron chi connectivity index (χ1n) is 7.44. The molecule has 0 N–H and O–H groups in total. The monoisotopic (exact) mass is 384 g/mol. The van der Waals surface area contributed by atoms with E-state index in [2.05, 4.69) is 52.9 Å². The van der Waals surface area contributed by atoms with Crippen molar-refractivity contribution < 1.29 is 9.53 Å². The Hall–Kier alpha value is -0.580. The van der Waals surface area contributed by atoms with E-state index in [1.165, 1.54) is 31.7 Å². The van der Waals surface area contributed by atoms with Crippen LogP contribution >= 0.6 is 22.6 Å². The molecule has 0 aliphatic heterocycles. The second-order valence-corrected chi connectivity index (χ2v) is 8.19. The molecule has 108 valence electrons. The predicted octanol–water partition coefficient (Wildman–Crippen LogP) is 4.25. The minimum Gasteiger partial charge on any atom is -0.463 e. The lowest BCUT2D eigenvalue weighted by atomic mass is 9.58. The number of ether oxygens (including phenoxy) is 1. The van der Waals surface area contributed by atoms with E-state index in [0.717, 1.165) is 16.8 Å². The fraction of sp³-hybridized carbons (Fsp3) is 0.588. The molecule has 3 heteroatoms. The zero-order chi connectivity index (χ0) is 14.2. The summed E-state index contributed by atoms with van der Waals surface area (Å²) in [5.41, 5.74) is 1.65. The Kier molecular flexibility index (Phi) is 4.07. The van der Waals surface area contributed by atoms with Crippen LogP contribution in [0.1, 0.15) is 44.6 Å². The molecule has 2 aliphatic carbocycles. The predicted molar refractivity (Wildman–Crippen MR) is 88.1 cm³/mol. The van der Waals surface area contributed by atoms with Crippen LogP contribution in [0.5, 0.6) is 0 Å². The summed E-state index contributed by atoms with van der Waals surface area (Å²) in [4.78, 5) is 11.3. The minimum atomic E-state index is -0.135. The second kappa shape index (κ2) is 5.66. The highest BCUT2D eigenvalue weighted by atomic mass is 127. The maximum Gasteiger partial charge on any atom is 0.302 e. The van der Waals surface area contributed by atoms with Gasteiger partial charge < -0.3 is 4.74 Å². The van der Waals surface area contributed by atoms with Crippen LogP contribution in [-0.2, 0) is 14.9 Å². The van der Waals surface area contributed by atoms with Crippen LogP contribution in [0.25, 0.3) is 0 Å². The van der Waals surface area contributed by atoms with Gasteiger partial charge in [0.25, 0.3) is 0 Å². The summed E-state index contributed by atoms with van der Waals surface area (Å²) in [6.45, 7) is 1.53. The number of fused-ring (bicyclic) bond motifs is 2. The molecule has 2 bridgehead atoms. The van der Waals surface area contributed by atoms with Gasteiger partial charge in [0.2, 0.25) is 0 Å². The van der Waals surface area contributed by atoms with E-state index in [-0.39, 0.29) is 17.5 Å². The van der Waals surface area contributed by atoms with Gasteiger partial charge in [-0.1, -0.05) is 52.9 Å². The van der Waals surface area contributed by atoms with E-state index in [9.17, 15) is 4.79 Å². The first-order chi connectivity index (χ1) is 9.57. The fourth-order valence-corrected chi connectivity index (χ4v) is 5.86. The van der Waals surface area contributed by atoms with E-state index in [1.807, 2.05) is 0 Å². The van der Waals surface area contributed by atoms with E-state index in [4.69, 9.17) is 4.74 Å². The third kappa shape index (κ3) is 2.87. The highest BCUT2D eigenvalue weighted by molar-refractivity contribution is 14.1. The molecule has 1 aromatic rings. The summed E-state index contributed by atoms with van der Waals surface area (Å²) >= 11 is 2.61. The zero-order valence-electron chi connectivity index (χ0n) is 11.8. The molecule has 1 aromatic carbocycles. The van der Waals surface area contributed by atoms with Crippen LogP contribution in [0.2, 0.25) is 0 Å². The van der Waals surface area contributed by atoms with E-state index < -0.39 is 0 Å². The molecule has 2 fully saturated rings. The Labute approximate surface area is 134 Å². The van der Waals surface area contributed by atoms with Gasteiger partial charge in [-0.05, 0) is 43.6 Å². The van der Waals surface area contributed by atoms with Crippen molar-refractivity contribution in [1.82, 2.24) is 0 Å². The summed E-state index contributed by atoms with van der Waals surface area (Å²) in [5, 5.41) is 0. The Morgan fingerprint density at radius 3 is 2.65 bits per heavy atom. The van der Waals surface area contributed by atoms with Crippen LogP contribution in [0.15, 0.2) is 30.3 Å². The van der Waals surface area contributed by atoms with Gasteiger partial charge in [-0.3, -0.25) is 4.79 Å². The van der Waals surface area contributed by atoms with Crippen LogP contribution in [0.3, 0.4) is 0 Å². The second-order valence-electron chi connectivity index (χ2n) is 6.42.